The molecule has 0 bridgehead atoms. The molecule has 3 rings (SSSR count). The minimum absolute atomic E-state index is 0.0674. The summed E-state index contributed by atoms with van der Waals surface area (Å²) in [6.45, 7) is 7.87. The van der Waals surface area contributed by atoms with Crippen LogP contribution in [0, 0.1) is 0 Å². The number of anilines is 1. The van der Waals surface area contributed by atoms with Crippen molar-refractivity contribution < 1.29 is 23.8 Å². The van der Waals surface area contributed by atoms with Crippen molar-refractivity contribution in [2.75, 3.05) is 38.3 Å². The van der Waals surface area contributed by atoms with Gasteiger partial charge < -0.3 is 24.0 Å². The quantitative estimate of drug-likeness (QED) is 0.726. The Morgan fingerprint density at radius 1 is 1.24 bits per heavy atom. The molecule has 1 atom stereocenters. The number of hydrogen-bond acceptors (Lipinski definition) is 6. The first-order valence-electron chi connectivity index (χ1n) is 8.38. The summed E-state index contributed by atoms with van der Waals surface area (Å²) in [5.74, 6) is 0.285. The van der Waals surface area contributed by atoms with E-state index < -0.39 is 5.60 Å². The predicted molar refractivity (Wildman–Crippen MR) is 92.2 cm³/mol. The Bertz CT molecular complexity index is 683. The fourth-order valence-electron chi connectivity index (χ4n) is 3.11. The van der Waals surface area contributed by atoms with Gasteiger partial charge in [0.15, 0.2) is 0 Å². The van der Waals surface area contributed by atoms with Gasteiger partial charge in [0.1, 0.15) is 18.0 Å². The average molecular weight is 348 g/mol. The molecule has 7 heteroatoms. The van der Waals surface area contributed by atoms with E-state index in [1.807, 2.05) is 26.8 Å². The molecule has 2 heterocycles. The number of rotatable bonds is 1. The van der Waals surface area contributed by atoms with Crippen molar-refractivity contribution in [3.8, 4) is 5.75 Å². The third-order valence-electron chi connectivity index (χ3n) is 4.26. The highest BCUT2D eigenvalue weighted by Crippen LogP contribution is 2.36. The van der Waals surface area contributed by atoms with Crippen molar-refractivity contribution >= 4 is 17.7 Å². The number of esters is 1. The summed E-state index contributed by atoms with van der Waals surface area (Å²) in [7, 11) is 1.36. The van der Waals surface area contributed by atoms with Gasteiger partial charge >= 0.3 is 12.1 Å². The van der Waals surface area contributed by atoms with Crippen LogP contribution in [0.15, 0.2) is 18.2 Å². The van der Waals surface area contributed by atoms with E-state index in [1.165, 1.54) is 7.11 Å². The number of methoxy groups -OCH3 is 1. The van der Waals surface area contributed by atoms with E-state index >= 15 is 0 Å². The van der Waals surface area contributed by atoms with Crippen molar-refractivity contribution in [2.24, 2.45) is 0 Å². The molecule has 1 aromatic rings. The Hall–Kier alpha value is -2.44. The zero-order chi connectivity index (χ0) is 18.2. The van der Waals surface area contributed by atoms with Gasteiger partial charge in [-0.25, -0.2) is 9.59 Å². The number of piperazine rings is 1. The summed E-state index contributed by atoms with van der Waals surface area (Å²) in [6, 6.07) is 5.38. The third kappa shape index (κ3) is 3.65. The lowest BCUT2D eigenvalue weighted by Crippen LogP contribution is -2.59. The lowest BCUT2D eigenvalue weighted by Gasteiger charge is -2.45. The maximum absolute atomic E-state index is 12.3. The predicted octanol–water partition coefficient (Wildman–Crippen LogP) is 2.29. The van der Waals surface area contributed by atoms with Crippen LogP contribution < -0.4 is 9.64 Å². The number of carbonyl (C=O) groups excluding carboxylic acids is 2. The van der Waals surface area contributed by atoms with Gasteiger partial charge in [0.05, 0.1) is 24.4 Å². The molecule has 0 aliphatic carbocycles. The fourth-order valence-corrected chi connectivity index (χ4v) is 3.11. The van der Waals surface area contributed by atoms with E-state index in [0.717, 1.165) is 5.69 Å². The van der Waals surface area contributed by atoms with Gasteiger partial charge in [-0.15, -0.1) is 0 Å². The van der Waals surface area contributed by atoms with E-state index in [-0.39, 0.29) is 18.1 Å². The second-order valence-corrected chi connectivity index (χ2v) is 7.26. The summed E-state index contributed by atoms with van der Waals surface area (Å²) >= 11 is 0. The van der Waals surface area contributed by atoms with Crippen molar-refractivity contribution in [3.05, 3.63) is 23.8 Å². The SMILES string of the molecule is COC(=O)c1ccc2c(c1)OC[C@@H]1CN(C(=O)OC(C)(C)C)CCN21. The maximum atomic E-state index is 12.3. The Morgan fingerprint density at radius 2 is 2.00 bits per heavy atom. The zero-order valence-corrected chi connectivity index (χ0v) is 15.1. The molecule has 0 saturated carbocycles. The molecular formula is C18H24N2O5. The van der Waals surface area contributed by atoms with Crippen LogP contribution in [0.25, 0.3) is 0 Å². The first-order chi connectivity index (χ1) is 11.8. The highest BCUT2D eigenvalue weighted by molar-refractivity contribution is 5.91. The molecule has 136 valence electrons. The topological polar surface area (TPSA) is 68.3 Å². The molecule has 25 heavy (non-hydrogen) atoms. The minimum Gasteiger partial charge on any atom is -0.489 e. The normalized spacial score (nSPS) is 19.4. The molecule has 0 aromatic heterocycles. The van der Waals surface area contributed by atoms with Gasteiger partial charge in [-0.3, -0.25) is 0 Å². The average Bonchev–Trinajstić information content (AvgIpc) is 2.58. The molecule has 0 unspecified atom stereocenters. The lowest BCUT2D eigenvalue weighted by molar-refractivity contribution is 0.0194. The first kappa shape index (κ1) is 17.4. The first-order valence-corrected chi connectivity index (χ1v) is 8.38. The Kier molecular flexibility index (Phi) is 4.49. The third-order valence-corrected chi connectivity index (χ3v) is 4.26. The van der Waals surface area contributed by atoms with E-state index in [4.69, 9.17) is 14.2 Å². The molecule has 7 nitrogen and oxygen atoms in total. The summed E-state index contributed by atoms with van der Waals surface area (Å²) in [4.78, 5) is 27.9. The number of fused-ring (bicyclic) bond motifs is 3. The monoisotopic (exact) mass is 348 g/mol. The van der Waals surface area contributed by atoms with Crippen molar-refractivity contribution in [2.45, 2.75) is 32.4 Å². The number of hydrogen-bond donors (Lipinski definition) is 0. The van der Waals surface area contributed by atoms with Crippen LogP contribution in [0.3, 0.4) is 0 Å². The van der Waals surface area contributed by atoms with Crippen LogP contribution in [0.5, 0.6) is 5.75 Å². The molecule has 2 aliphatic rings. The fraction of sp³-hybridized carbons (Fsp3) is 0.556. The Morgan fingerprint density at radius 3 is 2.68 bits per heavy atom. The largest absolute Gasteiger partial charge is 0.489 e. The minimum atomic E-state index is -0.506. The van der Waals surface area contributed by atoms with Crippen LogP contribution in [-0.4, -0.2) is 62.0 Å². The summed E-state index contributed by atoms with van der Waals surface area (Å²) in [6.07, 6.45) is -0.293. The van der Waals surface area contributed by atoms with E-state index in [2.05, 4.69) is 4.90 Å². The van der Waals surface area contributed by atoms with Gasteiger partial charge in [-0.2, -0.15) is 0 Å². The Labute approximate surface area is 147 Å². The molecule has 2 aliphatic heterocycles. The number of carbonyl (C=O) groups is 2. The standard InChI is InChI=1S/C18H24N2O5/c1-18(2,3)25-17(22)19-7-8-20-13(10-19)11-24-15-9-12(16(21)23-4)5-6-14(15)20/h5-6,9,13H,7-8,10-11H2,1-4H3/t13-/m0/s1. The number of nitrogens with zero attached hydrogens (tertiary/aromatic N) is 2. The molecule has 0 radical (unpaired) electrons. The maximum Gasteiger partial charge on any atom is 0.410 e. The second-order valence-electron chi connectivity index (χ2n) is 7.26. The van der Waals surface area contributed by atoms with Crippen molar-refractivity contribution in [1.29, 1.82) is 0 Å². The van der Waals surface area contributed by atoms with E-state index in [0.29, 0.717) is 37.6 Å². The molecular weight excluding hydrogens is 324 g/mol. The smallest absolute Gasteiger partial charge is 0.410 e. The number of amides is 1. The molecule has 0 spiro atoms. The van der Waals surface area contributed by atoms with E-state index in [1.54, 1.807) is 17.0 Å². The van der Waals surface area contributed by atoms with Crippen molar-refractivity contribution in [1.82, 2.24) is 4.90 Å². The van der Waals surface area contributed by atoms with Crippen molar-refractivity contribution in [3.63, 3.8) is 0 Å². The molecule has 1 amide bonds. The lowest BCUT2D eigenvalue weighted by atomic mass is 10.1. The second kappa shape index (κ2) is 6.46. The summed E-state index contributed by atoms with van der Waals surface area (Å²) in [5, 5.41) is 0. The van der Waals surface area contributed by atoms with Crippen LogP contribution in [0.2, 0.25) is 0 Å². The molecule has 1 aromatic carbocycles. The van der Waals surface area contributed by atoms with Crippen LogP contribution >= 0.6 is 0 Å². The van der Waals surface area contributed by atoms with Gasteiger partial charge in [-0.05, 0) is 39.0 Å². The molecule has 1 fully saturated rings. The number of benzene rings is 1. The number of ether oxygens (including phenoxy) is 3. The zero-order valence-electron chi connectivity index (χ0n) is 15.1. The van der Waals surface area contributed by atoms with Crippen LogP contribution in [-0.2, 0) is 9.47 Å². The van der Waals surface area contributed by atoms with Gasteiger partial charge in [-0.1, -0.05) is 0 Å². The summed E-state index contributed by atoms with van der Waals surface area (Å²) < 4.78 is 16.0. The van der Waals surface area contributed by atoms with Crippen LogP contribution in [0.1, 0.15) is 31.1 Å². The van der Waals surface area contributed by atoms with Crippen LogP contribution in [0.4, 0.5) is 10.5 Å². The van der Waals surface area contributed by atoms with E-state index in [9.17, 15) is 9.59 Å². The highest BCUT2D eigenvalue weighted by Gasteiger charge is 2.36. The highest BCUT2D eigenvalue weighted by atomic mass is 16.6. The Balaban J connectivity index is 1.72. The summed E-state index contributed by atoms with van der Waals surface area (Å²) in [5.41, 5.74) is 0.897. The van der Waals surface area contributed by atoms with Gasteiger partial charge in [0, 0.05) is 19.6 Å². The van der Waals surface area contributed by atoms with Gasteiger partial charge in [0.25, 0.3) is 0 Å². The molecule has 1 saturated heterocycles. The molecule has 0 N–H and O–H groups in total. The van der Waals surface area contributed by atoms with Gasteiger partial charge in [0.2, 0.25) is 0 Å².